The smallest absolute Gasteiger partial charge is 0.249 e. The van der Waals surface area contributed by atoms with Crippen molar-refractivity contribution in [3.63, 3.8) is 0 Å². The highest BCUT2D eigenvalue weighted by molar-refractivity contribution is 6.27. The van der Waals surface area contributed by atoms with Crippen LogP contribution in [0.2, 0.25) is 0 Å². The Balaban J connectivity index is 1.79. The lowest BCUT2D eigenvalue weighted by Crippen LogP contribution is -2.36. The van der Waals surface area contributed by atoms with Crippen molar-refractivity contribution in [2.24, 2.45) is 0 Å². The van der Waals surface area contributed by atoms with Gasteiger partial charge in [-0.1, -0.05) is 51.9 Å². The van der Waals surface area contributed by atoms with Gasteiger partial charge in [-0.3, -0.25) is 14.4 Å². The molecule has 0 N–H and O–H groups in total. The van der Waals surface area contributed by atoms with Crippen LogP contribution in [0.4, 0.5) is 10.1 Å². The van der Waals surface area contributed by atoms with Crippen molar-refractivity contribution in [2.75, 3.05) is 18.1 Å². The molecule has 0 saturated heterocycles. The number of hydrogen-bond acceptors (Lipinski definition) is 4. The predicted molar refractivity (Wildman–Crippen MR) is 106 cm³/mol. The number of carbonyl (C=O) groups excluding carboxylic acids is 3. The monoisotopic (exact) mass is 391 g/mol. The number of halogens is 1. The van der Waals surface area contributed by atoms with E-state index in [1.54, 1.807) is 0 Å². The molecule has 6 heteroatoms. The average Bonchev–Trinajstić information content (AvgIpc) is 2.94. The Morgan fingerprint density at radius 2 is 1.71 bits per heavy atom. The molecule has 0 saturated carbocycles. The largest absolute Gasteiger partial charge is 0.374 e. The first-order chi connectivity index (χ1) is 13.5. The van der Waals surface area contributed by atoms with E-state index in [1.165, 1.54) is 51.2 Å². The number of unbranched alkanes of at least 4 members (excludes halogenated alkanes) is 7. The minimum atomic E-state index is -1.17. The Labute approximate surface area is 166 Å². The van der Waals surface area contributed by atoms with Gasteiger partial charge < -0.3 is 4.74 Å². The quantitative estimate of drug-likeness (QED) is 0.388. The van der Waals surface area contributed by atoms with E-state index in [0.29, 0.717) is 6.61 Å². The molecule has 1 aliphatic heterocycles. The molecule has 28 heavy (non-hydrogen) atoms. The molecular formula is C22H30FNO4. The van der Waals surface area contributed by atoms with Gasteiger partial charge in [0.1, 0.15) is 18.3 Å². The van der Waals surface area contributed by atoms with Gasteiger partial charge in [-0.05, 0) is 30.2 Å². The van der Waals surface area contributed by atoms with E-state index in [9.17, 15) is 18.8 Å². The second-order valence-electron chi connectivity index (χ2n) is 7.32. The molecule has 2 rings (SSSR count). The molecular weight excluding hydrogens is 361 g/mol. The molecule has 0 aliphatic carbocycles. The lowest BCUT2D eigenvalue weighted by atomic mass is 9.96. The number of ether oxygens (including phenoxy) is 1. The third-order valence-corrected chi connectivity index (χ3v) is 5.03. The second kappa shape index (κ2) is 11.1. The van der Waals surface area contributed by atoms with Crippen LogP contribution in [0.25, 0.3) is 0 Å². The van der Waals surface area contributed by atoms with E-state index in [0.717, 1.165) is 30.2 Å². The molecule has 0 radical (unpaired) electrons. The first-order valence-electron chi connectivity index (χ1n) is 10.2. The summed E-state index contributed by atoms with van der Waals surface area (Å²) in [5, 5.41) is 0. The average molecular weight is 391 g/mol. The SMILES string of the molecule is CCCCCCCCCCOCC(=O)C1C(=O)N(C(C)=O)c2ccc(F)cc21. The first kappa shape index (κ1) is 22.2. The van der Waals surface area contributed by atoms with Crippen LogP contribution in [0.5, 0.6) is 0 Å². The standard InChI is InChI=1S/C22H30FNO4/c1-3-4-5-6-7-8-9-10-13-28-15-20(26)21-18-14-17(23)11-12-19(18)24(16(2)25)22(21)27/h11-12,14,21H,3-10,13,15H2,1-2H3. The summed E-state index contributed by atoms with van der Waals surface area (Å²) < 4.78 is 19.1. The predicted octanol–water partition coefficient (Wildman–Crippen LogP) is 4.53. The van der Waals surface area contributed by atoms with Gasteiger partial charge >= 0.3 is 0 Å². The maximum atomic E-state index is 13.6. The molecule has 0 fully saturated rings. The van der Waals surface area contributed by atoms with Crippen LogP contribution < -0.4 is 4.90 Å². The summed E-state index contributed by atoms with van der Waals surface area (Å²) in [6.07, 6.45) is 9.38. The number of Topliss-reactive ketones (excluding diaryl/α,β-unsaturated/α-hetero) is 1. The van der Waals surface area contributed by atoms with Gasteiger partial charge in [0.2, 0.25) is 11.8 Å². The third-order valence-electron chi connectivity index (χ3n) is 5.03. The van der Waals surface area contributed by atoms with Crippen molar-refractivity contribution in [3.05, 3.63) is 29.6 Å². The molecule has 0 spiro atoms. The lowest BCUT2D eigenvalue weighted by molar-refractivity contribution is -0.132. The summed E-state index contributed by atoms with van der Waals surface area (Å²) >= 11 is 0. The number of nitrogens with zero attached hydrogens (tertiary/aromatic N) is 1. The van der Waals surface area contributed by atoms with Crippen molar-refractivity contribution >= 4 is 23.3 Å². The summed E-state index contributed by atoms with van der Waals surface area (Å²) in [4.78, 5) is 37.8. The highest BCUT2D eigenvalue weighted by Gasteiger charge is 2.43. The molecule has 0 bridgehead atoms. The fourth-order valence-corrected chi connectivity index (χ4v) is 3.57. The number of benzene rings is 1. The fraction of sp³-hybridized carbons (Fsp3) is 0.591. The minimum Gasteiger partial charge on any atom is -0.374 e. The Hall–Kier alpha value is -2.08. The van der Waals surface area contributed by atoms with Gasteiger partial charge in [-0.2, -0.15) is 0 Å². The van der Waals surface area contributed by atoms with Crippen molar-refractivity contribution in [1.82, 2.24) is 0 Å². The van der Waals surface area contributed by atoms with Crippen LogP contribution in [-0.2, 0) is 19.1 Å². The van der Waals surface area contributed by atoms with Crippen LogP contribution in [0.3, 0.4) is 0 Å². The molecule has 1 atom stereocenters. The van der Waals surface area contributed by atoms with Crippen molar-refractivity contribution < 1.29 is 23.5 Å². The Morgan fingerprint density at radius 3 is 2.36 bits per heavy atom. The van der Waals surface area contributed by atoms with Gasteiger partial charge in [0.05, 0.1) is 5.69 Å². The molecule has 1 aromatic carbocycles. The van der Waals surface area contributed by atoms with Crippen LogP contribution >= 0.6 is 0 Å². The van der Waals surface area contributed by atoms with Crippen molar-refractivity contribution in [1.29, 1.82) is 0 Å². The topological polar surface area (TPSA) is 63.7 Å². The number of carbonyl (C=O) groups is 3. The fourth-order valence-electron chi connectivity index (χ4n) is 3.57. The summed E-state index contributed by atoms with van der Waals surface area (Å²) in [6.45, 7) is 3.68. The summed E-state index contributed by atoms with van der Waals surface area (Å²) in [5.41, 5.74) is 0.515. The number of hydrogen-bond donors (Lipinski definition) is 0. The lowest BCUT2D eigenvalue weighted by Gasteiger charge is -2.13. The maximum absolute atomic E-state index is 13.6. The number of amides is 2. The number of anilines is 1. The molecule has 2 amide bonds. The zero-order valence-electron chi connectivity index (χ0n) is 16.8. The Morgan fingerprint density at radius 1 is 1.07 bits per heavy atom. The van der Waals surface area contributed by atoms with E-state index < -0.39 is 29.3 Å². The minimum absolute atomic E-state index is 0.214. The van der Waals surface area contributed by atoms with Crippen LogP contribution in [0.15, 0.2) is 18.2 Å². The highest BCUT2D eigenvalue weighted by Crippen LogP contribution is 2.38. The van der Waals surface area contributed by atoms with Gasteiger partial charge in [-0.15, -0.1) is 0 Å². The maximum Gasteiger partial charge on any atom is 0.249 e. The van der Waals surface area contributed by atoms with E-state index >= 15 is 0 Å². The Kier molecular flexibility index (Phi) is 8.77. The third kappa shape index (κ3) is 5.71. The number of fused-ring (bicyclic) bond motifs is 1. The van der Waals surface area contributed by atoms with Gasteiger partial charge in [-0.25, -0.2) is 9.29 Å². The van der Waals surface area contributed by atoms with Crippen LogP contribution in [-0.4, -0.2) is 30.8 Å². The summed E-state index contributed by atoms with van der Waals surface area (Å²) in [5.74, 6) is -3.29. The summed E-state index contributed by atoms with van der Waals surface area (Å²) in [6, 6.07) is 3.68. The van der Waals surface area contributed by atoms with Gasteiger partial charge in [0.15, 0.2) is 5.78 Å². The highest BCUT2D eigenvalue weighted by atomic mass is 19.1. The van der Waals surface area contributed by atoms with Gasteiger partial charge in [0.25, 0.3) is 0 Å². The van der Waals surface area contributed by atoms with Crippen molar-refractivity contribution in [2.45, 2.75) is 71.1 Å². The molecule has 154 valence electrons. The number of ketones is 1. The van der Waals surface area contributed by atoms with Crippen LogP contribution in [0.1, 0.15) is 76.7 Å². The van der Waals surface area contributed by atoms with Gasteiger partial charge in [0, 0.05) is 13.5 Å². The Bertz CT molecular complexity index is 704. The van der Waals surface area contributed by atoms with E-state index in [1.807, 2.05) is 0 Å². The normalized spacial score (nSPS) is 15.8. The molecule has 0 aromatic heterocycles. The summed E-state index contributed by atoms with van der Waals surface area (Å²) in [7, 11) is 0. The molecule has 5 nitrogen and oxygen atoms in total. The van der Waals surface area contributed by atoms with E-state index in [4.69, 9.17) is 4.74 Å². The molecule has 1 aliphatic rings. The van der Waals surface area contributed by atoms with Crippen LogP contribution in [0, 0.1) is 5.82 Å². The zero-order valence-corrected chi connectivity index (χ0v) is 16.8. The first-order valence-corrected chi connectivity index (χ1v) is 10.2. The van der Waals surface area contributed by atoms with E-state index in [2.05, 4.69) is 6.92 Å². The molecule has 1 heterocycles. The second-order valence-corrected chi connectivity index (χ2v) is 7.32. The number of imide groups is 1. The number of rotatable bonds is 12. The molecule has 1 aromatic rings. The molecule has 1 unspecified atom stereocenters. The van der Waals surface area contributed by atoms with Crippen molar-refractivity contribution in [3.8, 4) is 0 Å². The van der Waals surface area contributed by atoms with E-state index in [-0.39, 0.29) is 17.9 Å². The zero-order chi connectivity index (χ0) is 20.5.